The van der Waals surface area contributed by atoms with Gasteiger partial charge in [-0.15, -0.1) is 0 Å². The Balaban J connectivity index is 1.49. The molecule has 42 heavy (non-hydrogen) atoms. The number of rotatable bonds is 3. The summed E-state index contributed by atoms with van der Waals surface area (Å²) < 4.78 is 0. The number of fused-ring (bicyclic) bond motifs is 5. The molecule has 0 spiro atoms. The van der Waals surface area contributed by atoms with E-state index in [0.29, 0.717) is 5.56 Å². The van der Waals surface area contributed by atoms with Gasteiger partial charge in [-0.3, -0.25) is 0 Å². The highest BCUT2D eigenvalue weighted by atomic mass is 14.7. The highest BCUT2D eigenvalue weighted by Gasteiger charge is 2.17. The van der Waals surface area contributed by atoms with Crippen molar-refractivity contribution in [2.24, 2.45) is 0 Å². The van der Waals surface area contributed by atoms with Crippen molar-refractivity contribution in [3.63, 3.8) is 0 Å². The van der Waals surface area contributed by atoms with Gasteiger partial charge in [-0.2, -0.15) is 5.26 Å². The number of hydrogen-bond acceptors (Lipinski definition) is 2. The van der Waals surface area contributed by atoms with Crippen LogP contribution in [0.3, 0.4) is 0 Å². The molecule has 8 aromatic rings. The van der Waals surface area contributed by atoms with Crippen molar-refractivity contribution < 1.29 is 0 Å². The fraction of sp³-hybridized carbons (Fsp3) is 0. The largest absolute Gasteiger partial charge is 0.247 e. The average molecular weight is 533 g/mol. The van der Waals surface area contributed by atoms with E-state index in [1.54, 1.807) is 0 Å². The zero-order valence-electron chi connectivity index (χ0n) is 22.8. The van der Waals surface area contributed by atoms with Crippen LogP contribution in [0.1, 0.15) is 5.56 Å². The number of pyridine rings is 1. The highest BCUT2D eigenvalue weighted by Crippen LogP contribution is 2.41. The van der Waals surface area contributed by atoms with Crippen LogP contribution in [0.5, 0.6) is 0 Å². The Hall–Kier alpha value is -5.78. The lowest BCUT2D eigenvalue weighted by Crippen LogP contribution is -1.94. The van der Waals surface area contributed by atoms with Gasteiger partial charge in [-0.25, -0.2) is 4.98 Å². The predicted octanol–water partition coefficient (Wildman–Crippen LogP) is 10.6. The lowest BCUT2D eigenvalue weighted by atomic mass is 9.89. The Morgan fingerprint density at radius 1 is 0.429 bits per heavy atom. The lowest BCUT2D eigenvalue weighted by molar-refractivity contribution is 1.39. The van der Waals surface area contributed by atoms with E-state index in [2.05, 4.69) is 127 Å². The smallest absolute Gasteiger partial charge is 0.0998 e. The number of nitrogens with zero attached hydrogens (tertiary/aromatic N) is 2. The van der Waals surface area contributed by atoms with E-state index < -0.39 is 0 Å². The monoisotopic (exact) mass is 532 g/mol. The molecular formula is C40H24N2. The van der Waals surface area contributed by atoms with Crippen molar-refractivity contribution in [3.05, 3.63) is 151 Å². The maximum absolute atomic E-state index is 9.93. The zero-order valence-corrected chi connectivity index (χ0v) is 22.8. The molecule has 0 unspecified atom stereocenters. The Morgan fingerprint density at radius 3 is 1.64 bits per heavy atom. The van der Waals surface area contributed by atoms with Crippen LogP contribution in [0, 0.1) is 11.3 Å². The third-order valence-corrected chi connectivity index (χ3v) is 8.26. The lowest BCUT2D eigenvalue weighted by Gasteiger charge is -2.16. The van der Waals surface area contributed by atoms with Crippen LogP contribution in [0.2, 0.25) is 0 Å². The van der Waals surface area contributed by atoms with E-state index in [-0.39, 0.29) is 0 Å². The molecule has 1 aromatic heterocycles. The van der Waals surface area contributed by atoms with Gasteiger partial charge in [-0.1, -0.05) is 115 Å². The first kappa shape index (κ1) is 24.1. The quantitative estimate of drug-likeness (QED) is 0.212. The van der Waals surface area contributed by atoms with E-state index in [1.807, 2.05) is 24.3 Å². The van der Waals surface area contributed by atoms with E-state index in [4.69, 9.17) is 4.98 Å². The van der Waals surface area contributed by atoms with Gasteiger partial charge in [0.15, 0.2) is 0 Å². The minimum Gasteiger partial charge on any atom is -0.247 e. The first-order valence-corrected chi connectivity index (χ1v) is 14.1. The van der Waals surface area contributed by atoms with Crippen LogP contribution in [-0.4, -0.2) is 4.98 Å². The van der Waals surface area contributed by atoms with Crippen molar-refractivity contribution in [1.29, 1.82) is 5.26 Å². The van der Waals surface area contributed by atoms with Gasteiger partial charge in [0.05, 0.1) is 22.8 Å². The van der Waals surface area contributed by atoms with E-state index in [1.165, 1.54) is 32.7 Å². The third kappa shape index (κ3) is 3.91. The molecule has 0 amide bonds. The molecule has 0 N–H and O–H groups in total. The molecule has 194 valence electrons. The first-order chi connectivity index (χ1) is 20.8. The van der Waals surface area contributed by atoms with Crippen molar-refractivity contribution in [1.82, 2.24) is 4.98 Å². The molecule has 0 radical (unpaired) electrons. The second kappa shape index (κ2) is 9.70. The summed E-state index contributed by atoms with van der Waals surface area (Å²) in [6, 6.07) is 53.4. The van der Waals surface area contributed by atoms with E-state index in [9.17, 15) is 5.26 Å². The fourth-order valence-corrected chi connectivity index (χ4v) is 6.19. The van der Waals surface area contributed by atoms with Gasteiger partial charge < -0.3 is 0 Å². The summed E-state index contributed by atoms with van der Waals surface area (Å²) in [5, 5.41) is 18.1. The average Bonchev–Trinajstić information content (AvgIpc) is 3.07. The summed E-state index contributed by atoms with van der Waals surface area (Å²) >= 11 is 0. The SMILES string of the molecule is N#Cc1ccccc1-c1cc(-c2ccc3ccccc3c2)c2cc(-c3ccc4ccccc4c3)c3ccccc3c2n1. The summed E-state index contributed by atoms with van der Waals surface area (Å²) in [4.78, 5) is 5.26. The van der Waals surface area contributed by atoms with E-state index in [0.717, 1.165) is 44.1 Å². The molecule has 0 saturated carbocycles. The Bertz CT molecular complexity index is 2380. The second-order valence-electron chi connectivity index (χ2n) is 10.7. The zero-order chi connectivity index (χ0) is 28.0. The van der Waals surface area contributed by atoms with Crippen molar-refractivity contribution in [2.75, 3.05) is 0 Å². The molecule has 0 bridgehead atoms. The van der Waals surface area contributed by atoms with Crippen LogP contribution in [-0.2, 0) is 0 Å². The Labute approximate surface area is 243 Å². The van der Waals surface area contributed by atoms with Gasteiger partial charge in [0.1, 0.15) is 0 Å². The molecule has 0 aliphatic carbocycles. The maximum atomic E-state index is 9.93. The highest BCUT2D eigenvalue weighted by molar-refractivity contribution is 6.16. The number of benzene rings is 7. The molecule has 1 heterocycles. The van der Waals surface area contributed by atoms with Crippen molar-refractivity contribution in [2.45, 2.75) is 0 Å². The standard InChI is InChI=1S/C40H24N2/c41-25-32-13-5-6-14-33(32)39-24-37(31-20-18-27-10-2-4-12-29(27)22-31)38-23-36(34-15-7-8-16-35(34)40(38)42-39)30-19-17-26-9-1-3-11-28(26)21-30/h1-24H. The normalized spacial score (nSPS) is 11.3. The molecule has 2 heteroatoms. The van der Waals surface area contributed by atoms with Crippen molar-refractivity contribution in [3.8, 4) is 39.6 Å². The van der Waals surface area contributed by atoms with Crippen LogP contribution >= 0.6 is 0 Å². The van der Waals surface area contributed by atoms with Crippen LogP contribution in [0.25, 0.3) is 76.7 Å². The molecule has 2 nitrogen and oxygen atoms in total. The molecular weight excluding hydrogens is 508 g/mol. The van der Waals surface area contributed by atoms with Gasteiger partial charge >= 0.3 is 0 Å². The summed E-state index contributed by atoms with van der Waals surface area (Å²) in [6.07, 6.45) is 0. The Kier molecular flexibility index (Phi) is 5.55. The molecule has 0 atom stereocenters. The molecule has 0 aliphatic rings. The summed E-state index contributed by atoms with van der Waals surface area (Å²) in [5.41, 5.74) is 7.76. The maximum Gasteiger partial charge on any atom is 0.0998 e. The van der Waals surface area contributed by atoms with Crippen LogP contribution in [0.15, 0.2) is 146 Å². The minimum atomic E-state index is 0.617. The molecule has 0 aliphatic heterocycles. The third-order valence-electron chi connectivity index (χ3n) is 8.26. The van der Waals surface area contributed by atoms with E-state index >= 15 is 0 Å². The minimum absolute atomic E-state index is 0.617. The number of nitriles is 1. The van der Waals surface area contributed by atoms with Gasteiger partial charge in [-0.05, 0) is 79.5 Å². The van der Waals surface area contributed by atoms with Gasteiger partial charge in [0, 0.05) is 16.3 Å². The molecule has 0 fully saturated rings. The summed E-state index contributed by atoms with van der Waals surface area (Å²) in [6.45, 7) is 0. The summed E-state index contributed by atoms with van der Waals surface area (Å²) in [5.74, 6) is 0. The Morgan fingerprint density at radius 2 is 0.976 bits per heavy atom. The van der Waals surface area contributed by atoms with Gasteiger partial charge in [0.2, 0.25) is 0 Å². The number of aromatic nitrogens is 1. The molecule has 7 aromatic carbocycles. The van der Waals surface area contributed by atoms with Crippen molar-refractivity contribution >= 4 is 43.2 Å². The predicted molar refractivity (Wildman–Crippen MR) is 175 cm³/mol. The topological polar surface area (TPSA) is 36.7 Å². The van der Waals surface area contributed by atoms with Gasteiger partial charge in [0.25, 0.3) is 0 Å². The first-order valence-electron chi connectivity index (χ1n) is 14.1. The van der Waals surface area contributed by atoms with Crippen LogP contribution < -0.4 is 0 Å². The fourth-order valence-electron chi connectivity index (χ4n) is 6.19. The number of hydrogen-bond donors (Lipinski definition) is 0. The van der Waals surface area contributed by atoms with Crippen LogP contribution in [0.4, 0.5) is 0 Å². The molecule has 0 saturated heterocycles. The molecule has 8 rings (SSSR count). The second-order valence-corrected chi connectivity index (χ2v) is 10.7. The summed E-state index contributed by atoms with van der Waals surface area (Å²) in [7, 11) is 0.